The number of hydrazine groups is 1. The van der Waals surface area contributed by atoms with E-state index in [9.17, 15) is 8.42 Å². The van der Waals surface area contributed by atoms with Crippen LogP contribution in [0.15, 0.2) is 47.6 Å². The average Bonchev–Trinajstić information content (AvgIpc) is 2.48. The molecule has 8 heteroatoms. The normalized spacial score (nSPS) is 11.6. The van der Waals surface area contributed by atoms with Crippen molar-refractivity contribution in [2.75, 3.05) is 12.5 Å². The van der Waals surface area contributed by atoms with E-state index >= 15 is 0 Å². The molecule has 7 nitrogen and oxygen atoms in total. The Morgan fingerprint density at radius 1 is 1.25 bits per heavy atom. The second kappa shape index (κ2) is 5.95. The molecule has 2 aromatic heterocycles. The number of sulfonamides is 1. The molecular weight excluding hydrogens is 278 g/mol. The van der Waals surface area contributed by atoms with Crippen molar-refractivity contribution in [3.63, 3.8) is 0 Å². The lowest BCUT2D eigenvalue weighted by molar-refractivity contribution is 0.462. The zero-order valence-electron chi connectivity index (χ0n) is 10.9. The zero-order chi connectivity index (χ0) is 14.6. The second-order valence-corrected chi connectivity index (χ2v) is 6.15. The summed E-state index contributed by atoms with van der Waals surface area (Å²) in [6.07, 6.45) is 3.01. The molecule has 0 atom stereocenters. The maximum Gasteiger partial charge on any atom is 0.243 e. The van der Waals surface area contributed by atoms with Crippen LogP contribution >= 0.6 is 0 Å². The van der Waals surface area contributed by atoms with Crippen molar-refractivity contribution in [2.45, 2.75) is 11.4 Å². The third-order valence-electron chi connectivity index (χ3n) is 2.70. The van der Waals surface area contributed by atoms with Crippen LogP contribution in [0.5, 0.6) is 0 Å². The van der Waals surface area contributed by atoms with Crippen molar-refractivity contribution in [1.29, 1.82) is 0 Å². The molecule has 2 rings (SSSR count). The van der Waals surface area contributed by atoms with E-state index < -0.39 is 10.0 Å². The molecule has 0 bridgehead atoms. The van der Waals surface area contributed by atoms with Gasteiger partial charge in [-0.3, -0.25) is 4.98 Å². The smallest absolute Gasteiger partial charge is 0.243 e. The first-order valence-electron chi connectivity index (χ1n) is 5.83. The topological polar surface area (TPSA) is 101 Å². The molecule has 0 radical (unpaired) electrons. The lowest BCUT2D eigenvalue weighted by atomic mass is 10.3. The highest BCUT2D eigenvalue weighted by Gasteiger charge is 2.21. The monoisotopic (exact) mass is 293 g/mol. The predicted octanol–water partition coefficient (Wildman–Crippen LogP) is 0.583. The molecule has 0 saturated heterocycles. The number of nitrogen functional groups attached to an aromatic ring is 1. The van der Waals surface area contributed by atoms with Crippen LogP contribution in [-0.4, -0.2) is 29.7 Å². The predicted molar refractivity (Wildman–Crippen MR) is 74.9 cm³/mol. The highest BCUT2D eigenvalue weighted by Crippen LogP contribution is 2.17. The van der Waals surface area contributed by atoms with E-state index in [0.717, 1.165) is 0 Å². The highest BCUT2D eigenvalue weighted by molar-refractivity contribution is 7.89. The van der Waals surface area contributed by atoms with Gasteiger partial charge in [0, 0.05) is 25.5 Å². The molecule has 0 amide bonds. The number of hydrogen-bond acceptors (Lipinski definition) is 6. The van der Waals surface area contributed by atoms with Crippen LogP contribution in [0.4, 0.5) is 5.82 Å². The Balaban J connectivity index is 2.25. The summed E-state index contributed by atoms with van der Waals surface area (Å²) >= 11 is 0. The number of pyridine rings is 2. The third-order valence-corrected chi connectivity index (χ3v) is 4.50. The molecule has 0 fully saturated rings. The van der Waals surface area contributed by atoms with Gasteiger partial charge in [0.15, 0.2) is 0 Å². The molecular formula is C12H15N5O2S. The highest BCUT2D eigenvalue weighted by atomic mass is 32.2. The Bertz CT molecular complexity index is 675. The van der Waals surface area contributed by atoms with Crippen LogP contribution in [0.1, 0.15) is 5.69 Å². The number of nitrogens with two attached hydrogens (primary N) is 1. The first-order valence-corrected chi connectivity index (χ1v) is 7.27. The summed E-state index contributed by atoms with van der Waals surface area (Å²) in [5.41, 5.74) is 2.99. The van der Waals surface area contributed by atoms with Crippen LogP contribution < -0.4 is 11.3 Å². The van der Waals surface area contributed by atoms with Gasteiger partial charge < -0.3 is 5.43 Å². The van der Waals surface area contributed by atoms with E-state index in [1.165, 1.54) is 29.7 Å². The summed E-state index contributed by atoms with van der Waals surface area (Å²) in [6.45, 7) is 0.191. The van der Waals surface area contributed by atoms with E-state index in [0.29, 0.717) is 5.69 Å². The molecule has 20 heavy (non-hydrogen) atoms. The van der Waals surface area contributed by atoms with E-state index in [1.807, 2.05) is 6.07 Å². The van der Waals surface area contributed by atoms with Crippen molar-refractivity contribution < 1.29 is 8.42 Å². The first kappa shape index (κ1) is 14.4. The van der Waals surface area contributed by atoms with Gasteiger partial charge in [-0.1, -0.05) is 6.07 Å². The lowest BCUT2D eigenvalue weighted by Crippen LogP contribution is -2.27. The van der Waals surface area contributed by atoms with E-state index in [-0.39, 0.29) is 17.3 Å². The van der Waals surface area contributed by atoms with Crippen molar-refractivity contribution in [1.82, 2.24) is 14.3 Å². The standard InChI is InChI=1S/C12H15N5O2S/c1-17(9-10-4-2-3-6-14-10)20(18,19)11-5-7-15-12(8-11)16-13/h2-8H,9,13H2,1H3,(H,15,16). The molecule has 2 heterocycles. The average molecular weight is 293 g/mol. The number of nitrogens with zero attached hydrogens (tertiary/aromatic N) is 3. The zero-order valence-corrected chi connectivity index (χ0v) is 11.7. The number of nitrogens with one attached hydrogen (secondary N) is 1. The van der Waals surface area contributed by atoms with Gasteiger partial charge in [-0.2, -0.15) is 4.31 Å². The minimum atomic E-state index is -3.61. The van der Waals surface area contributed by atoms with Gasteiger partial charge in [0.05, 0.1) is 17.1 Å². The van der Waals surface area contributed by atoms with Gasteiger partial charge in [0.1, 0.15) is 5.82 Å². The Morgan fingerprint density at radius 3 is 2.70 bits per heavy atom. The lowest BCUT2D eigenvalue weighted by Gasteiger charge is -2.17. The summed E-state index contributed by atoms with van der Waals surface area (Å²) < 4.78 is 26.0. The fraction of sp³-hybridized carbons (Fsp3) is 0.167. The van der Waals surface area contributed by atoms with Crippen molar-refractivity contribution >= 4 is 15.8 Å². The van der Waals surface area contributed by atoms with Crippen molar-refractivity contribution in [3.05, 3.63) is 48.4 Å². The third kappa shape index (κ3) is 3.10. The Morgan fingerprint density at radius 2 is 2.05 bits per heavy atom. The number of hydrogen-bond donors (Lipinski definition) is 2. The molecule has 0 aromatic carbocycles. The van der Waals surface area contributed by atoms with Gasteiger partial charge in [0.25, 0.3) is 0 Å². The molecule has 3 N–H and O–H groups in total. The summed E-state index contributed by atoms with van der Waals surface area (Å²) in [5.74, 6) is 5.52. The van der Waals surface area contributed by atoms with Gasteiger partial charge >= 0.3 is 0 Å². The van der Waals surface area contributed by atoms with Crippen molar-refractivity contribution in [3.8, 4) is 0 Å². The van der Waals surface area contributed by atoms with Gasteiger partial charge in [0.2, 0.25) is 10.0 Å². The molecule has 0 saturated carbocycles. The van der Waals surface area contributed by atoms with Gasteiger partial charge in [-0.25, -0.2) is 19.2 Å². The van der Waals surface area contributed by atoms with Crippen molar-refractivity contribution in [2.24, 2.45) is 5.84 Å². The minimum absolute atomic E-state index is 0.124. The van der Waals surface area contributed by atoms with Crippen LogP contribution in [0, 0.1) is 0 Å². The molecule has 0 aliphatic rings. The van der Waals surface area contributed by atoms with Crippen LogP contribution in [0.25, 0.3) is 0 Å². The molecule has 0 unspecified atom stereocenters. The van der Waals surface area contributed by atoms with Gasteiger partial charge in [-0.05, 0) is 18.2 Å². The molecule has 0 spiro atoms. The summed E-state index contributed by atoms with van der Waals surface area (Å²) in [4.78, 5) is 8.12. The maximum absolute atomic E-state index is 12.4. The van der Waals surface area contributed by atoms with Crippen LogP contribution in [-0.2, 0) is 16.6 Å². The minimum Gasteiger partial charge on any atom is -0.308 e. The summed E-state index contributed by atoms with van der Waals surface area (Å²) in [6, 6.07) is 8.16. The van der Waals surface area contributed by atoms with E-state index in [1.54, 1.807) is 18.3 Å². The quantitative estimate of drug-likeness (QED) is 0.618. The largest absolute Gasteiger partial charge is 0.308 e. The molecule has 106 valence electrons. The van der Waals surface area contributed by atoms with Gasteiger partial charge in [-0.15, -0.1) is 0 Å². The fourth-order valence-electron chi connectivity index (χ4n) is 1.64. The maximum atomic E-state index is 12.4. The number of aromatic nitrogens is 2. The Hall–Kier alpha value is -2.03. The Labute approximate surface area is 117 Å². The first-order chi connectivity index (χ1) is 9.54. The molecule has 0 aliphatic carbocycles. The fourth-order valence-corrected chi connectivity index (χ4v) is 2.79. The number of rotatable bonds is 5. The number of anilines is 1. The SMILES string of the molecule is CN(Cc1ccccn1)S(=O)(=O)c1ccnc(NN)c1. The molecule has 0 aliphatic heterocycles. The Kier molecular flexibility index (Phi) is 4.28. The van der Waals surface area contributed by atoms with E-state index in [2.05, 4.69) is 15.4 Å². The van der Waals surface area contributed by atoms with E-state index in [4.69, 9.17) is 5.84 Å². The second-order valence-electron chi connectivity index (χ2n) is 4.10. The van der Waals surface area contributed by atoms with Crippen LogP contribution in [0.3, 0.4) is 0 Å². The molecule has 2 aromatic rings. The van der Waals surface area contributed by atoms with Crippen LogP contribution in [0.2, 0.25) is 0 Å². The summed E-state index contributed by atoms with van der Waals surface area (Å²) in [7, 11) is -2.11. The summed E-state index contributed by atoms with van der Waals surface area (Å²) in [5, 5.41) is 0.